The highest BCUT2D eigenvalue weighted by atomic mass is 32.2. The van der Waals surface area contributed by atoms with Crippen molar-refractivity contribution in [3.05, 3.63) is 24.0 Å². The molecule has 0 aromatic heterocycles. The van der Waals surface area contributed by atoms with E-state index in [4.69, 9.17) is 17.0 Å². The van der Waals surface area contributed by atoms with Gasteiger partial charge in [0, 0.05) is 30.5 Å². The van der Waals surface area contributed by atoms with Crippen molar-refractivity contribution in [3.8, 4) is 0 Å². The summed E-state index contributed by atoms with van der Waals surface area (Å²) in [4.78, 5) is 16.4. The van der Waals surface area contributed by atoms with Crippen molar-refractivity contribution in [1.29, 1.82) is 0 Å². The van der Waals surface area contributed by atoms with E-state index in [-0.39, 0.29) is 17.8 Å². The molecule has 0 unspecified atom stereocenters. The van der Waals surface area contributed by atoms with Gasteiger partial charge in [-0.15, -0.1) is 0 Å². The molecule has 0 bridgehead atoms. The zero-order valence-electron chi connectivity index (χ0n) is 15.0. The summed E-state index contributed by atoms with van der Waals surface area (Å²) in [6, 6.07) is 4.97. The zero-order valence-corrected chi connectivity index (χ0v) is 16.7. The number of anilines is 2. The van der Waals surface area contributed by atoms with Crippen LogP contribution < -0.4 is 15.1 Å². The maximum absolute atomic E-state index is 14.6. The third-order valence-corrected chi connectivity index (χ3v) is 6.06. The maximum Gasteiger partial charge on any atom is 0.414 e. The van der Waals surface area contributed by atoms with Gasteiger partial charge in [0.2, 0.25) is 0 Å². The average molecular weight is 398 g/mol. The van der Waals surface area contributed by atoms with Crippen LogP contribution in [0.5, 0.6) is 0 Å². The summed E-state index contributed by atoms with van der Waals surface area (Å²) in [5.41, 5.74) is 1.12. The van der Waals surface area contributed by atoms with Crippen molar-refractivity contribution < 1.29 is 13.9 Å². The summed E-state index contributed by atoms with van der Waals surface area (Å²) in [6.07, 6.45) is -0.755. The van der Waals surface area contributed by atoms with Gasteiger partial charge < -0.3 is 15.0 Å². The fourth-order valence-electron chi connectivity index (χ4n) is 2.98. The number of benzene rings is 1. The van der Waals surface area contributed by atoms with Crippen LogP contribution in [0.3, 0.4) is 0 Å². The fourth-order valence-corrected chi connectivity index (χ4v) is 3.97. The summed E-state index contributed by atoms with van der Waals surface area (Å²) in [7, 11) is 0. The molecule has 2 heterocycles. The van der Waals surface area contributed by atoms with Crippen molar-refractivity contribution in [2.75, 3.05) is 47.5 Å². The van der Waals surface area contributed by atoms with Gasteiger partial charge in [-0.1, -0.05) is 26.1 Å². The highest BCUT2D eigenvalue weighted by Crippen LogP contribution is 2.29. The third-order valence-electron chi connectivity index (χ3n) is 4.50. The lowest BCUT2D eigenvalue weighted by atomic mass is 10.2. The number of thiocarbonyl (C=S) groups is 1. The molecule has 5 nitrogen and oxygen atoms in total. The van der Waals surface area contributed by atoms with Gasteiger partial charge in [0.15, 0.2) is 0 Å². The van der Waals surface area contributed by atoms with E-state index in [1.807, 2.05) is 25.6 Å². The standard InChI is InChI=1S/C18H24FN3O2S2/c1-12(2)17(25)20-10-14-11-22(18(23)24-14)13-3-4-16(15(19)9-13)21-5-7-26-8-6-21/h3-4,9,12,14H,5-8,10-11H2,1-2H3,(H,20,25)/t14-/m0/s1. The molecule has 0 radical (unpaired) electrons. The number of thioether (sulfide) groups is 1. The Labute approximate surface area is 163 Å². The van der Waals surface area contributed by atoms with Gasteiger partial charge in [0.1, 0.15) is 11.9 Å². The van der Waals surface area contributed by atoms with E-state index in [0.717, 1.165) is 29.6 Å². The van der Waals surface area contributed by atoms with E-state index in [0.29, 0.717) is 24.5 Å². The van der Waals surface area contributed by atoms with Crippen molar-refractivity contribution in [1.82, 2.24) is 5.32 Å². The molecule has 1 aromatic rings. The van der Waals surface area contributed by atoms with Gasteiger partial charge in [-0.3, -0.25) is 4.90 Å². The largest absolute Gasteiger partial charge is 0.442 e. The summed E-state index contributed by atoms with van der Waals surface area (Å²) in [5, 5.41) is 3.12. The van der Waals surface area contributed by atoms with Gasteiger partial charge in [-0.25, -0.2) is 9.18 Å². The number of carbonyl (C=O) groups excluding carboxylic acids is 1. The van der Waals surface area contributed by atoms with Crippen molar-refractivity contribution in [2.24, 2.45) is 5.92 Å². The molecule has 1 N–H and O–H groups in total. The number of ether oxygens (including phenoxy) is 1. The normalized spacial score (nSPS) is 20.5. The number of carbonyl (C=O) groups is 1. The van der Waals surface area contributed by atoms with Crippen molar-refractivity contribution in [3.63, 3.8) is 0 Å². The number of rotatable bonds is 5. The number of halogens is 1. The van der Waals surface area contributed by atoms with E-state index >= 15 is 0 Å². The molecule has 1 aromatic carbocycles. The van der Waals surface area contributed by atoms with Crippen LogP contribution in [0, 0.1) is 11.7 Å². The van der Waals surface area contributed by atoms with Crippen molar-refractivity contribution in [2.45, 2.75) is 20.0 Å². The lowest BCUT2D eigenvalue weighted by molar-refractivity contribution is 0.143. The van der Waals surface area contributed by atoms with E-state index < -0.39 is 6.09 Å². The predicted octanol–water partition coefficient (Wildman–Crippen LogP) is 3.28. The molecular formula is C18H24FN3O2S2. The molecule has 1 amide bonds. The van der Waals surface area contributed by atoms with Crippen LogP contribution >= 0.6 is 24.0 Å². The zero-order chi connectivity index (χ0) is 18.7. The number of hydrogen-bond donors (Lipinski definition) is 1. The van der Waals surface area contributed by atoms with Crippen LogP contribution in [-0.4, -0.2) is 54.9 Å². The topological polar surface area (TPSA) is 44.8 Å². The molecule has 2 saturated heterocycles. The molecular weight excluding hydrogens is 373 g/mol. The lowest BCUT2D eigenvalue weighted by Gasteiger charge is -2.29. The second-order valence-corrected chi connectivity index (χ2v) is 8.42. The number of nitrogens with zero attached hydrogens (tertiary/aromatic N) is 2. The smallest absolute Gasteiger partial charge is 0.414 e. The molecule has 142 valence electrons. The monoisotopic (exact) mass is 397 g/mol. The Morgan fingerprint density at radius 1 is 1.42 bits per heavy atom. The van der Waals surface area contributed by atoms with Crippen LogP contribution in [0.1, 0.15) is 13.8 Å². The molecule has 3 rings (SSSR count). The minimum atomic E-state index is -0.450. The molecule has 2 aliphatic rings. The first-order chi connectivity index (χ1) is 12.5. The Morgan fingerprint density at radius 3 is 2.81 bits per heavy atom. The number of hydrogen-bond acceptors (Lipinski definition) is 5. The number of nitrogens with one attached hydrogen (secondary N) is 1. The molecule has 8 heteroatoms. The molecule has 2 aliphatic heterocycles. The second-order valence-electron chi connectivity index (χ2n) is 6.75. The molecule has 2 fully saturated rings. The molecule has 0 spiro atoms. The highest BCUT2D eigenvalue weighted by molar-refractivity contribution is 7.99. The SMILES string of the molecule is CC(C)C(=S)NC[C@H]1CN(c2ccc(N3CCSCC3)c(F)c2)C(=O)O1. The predicted molar refractivity (Wildman–Crippen MR) is 109 cm³/mol. The second kappa shape index (κ2) is 8.43. The van der Waals surface area contributed by atoms with Crippen LogP contribution in [-0.2, 0) is 4.74 Å². The average Bonchev–Trinajstić information content (AvgIpc) is 3.01. The van der Waals surface area contributed by atoms with Crippen LogP contribution in [0.25, 0.3) is 0 Å². The first-order valence-electron chi connectivity index (χ1n) is 8.84. The fraction of sp³-hybridized carbons (Fsp3) is 0.556. The molecule has 0 saturated carbocycles. The Hall–Kier alpha value is -1.54. The minimum Gasteiger partial charge on any atom is -0.442 e. The Morgan fingerprint density at radius 2 is 2.15 bits per heavy atom. The van der Waals surface area contributed by atoms with Crippen molar-refractivity contribution >= 4 is 46.4 Å². The summed E-state index contributed by atoms with van der Waals surface area (Å²) in [6.45, 7) is 6.55. The minimum absolute atomic E-state index is 0.244. The first-order valence-corrected chi connectivity index (χ1v) is 10.4. The van der Waals surface area contributed by atoms with Gasteiger partial charge >= 0.3 is 6.09 Å². The van der Waals surface area contributed by atoms with Gasteiger partial charge in [0.05, 0.1) is 29.5 Å². The van der Waals surface area contributed by atoms with Crippen LogP contribution in [0.15, 0.2) is 18.2 Å². The maximum atomic E-state index is 14.6. The Balaban J connectivity index is 1.64. The molecule has 1 atom stereocenters. The molecule has 26 heavy (non-hydrogen) atoms. The van der Waals surface area contributed by atoms with E-state index in [1.165, 1.54) is 11.0 Å². The van der Waals surface area contributed by atoms with Gasteiger partial charge in [0.25, 0.3) is 0 Å². The summed E-state index contributed by atoms with van der Waals surface area (Å²) < 4.78 is 20.0. The number of amides is 1. The van der Waals surface area contributed by atoms with Crippen LogP contribution in [0.2, 0.25) is 0 Å². The molecule has 0 aliphatic carbocycles. The first kappa shape index (κ1) is 19.2. The van der Waals surface area contributed by atoms with Gasteiger partial charge in [-0.2, -0.15) is 11.8 Å². The van der Waals surface area contributed by atoms with Gasteiger partial charge in [-0.05, 0) is 18.2 Å². The number of cyclic esters (lactones) is 1. The van der Waals surface area contributed by atoms with E-state index in [1.54, 1.807) is 12.1 Å². The Kier molecular flexibility index (Phi) is 6.24. The third kappa shape index (κ3) is 4.40. The van der Waals surface area contributed by atoms with E-state index in [2.05, 4.69) is 10.2 Å². The summed E-state index contributed by atoms with van der Waals surface area (Å²) >= 11 is 7.12. The quantitative estimate of drug-likeness (QED) is 0.770. The van der Waals surface area contributed by atoms with E-state index in [9.17, 15) is 9.18 Å². The Bertz CT molecular complexity index is 680. The highest BCUT2D eigenvalue weighted by Gasteiger charge is 2.33. The van der Waals surface area contributed by atoms with Crippen LogP contribution in [0.4, 0.5) is 20.6 Å². The summed E-state index contributed by atoms with van der Waals surface area (Å²) in [5.74, 6) is 1.96. The lowest BCUT2D eigenvalue weighted by Crippen LogP contribution is -2.35.